The zero-order valence-corrected chi connectivity index (χ0v) is 13.5. The van der Waals surface area contributed by atoms with Gasteiger partial charge in [0.1, 0.15) is 0 Å². The van der Waals surface area contributed by atoms with E-state index in [-0.39, 0.29) is 19.3 Å². The van der Waals surface area contributed by atoms with E-state index in [0.717, 1.165) is 16.3 Å². The Morgan fingerprint density at radius 3 is 2.24 bits per heavy atom. The van der Waals surface area contributed by atoms with Crippen LogP contribution in [0.2, 0.25) is 0 Å². The predicted molar refractivity (Wildman–Crippen MR) is 84.3 cm³/mol. The van der Waals surface area contributed by atoms with Gasteiger partial charge in [-0.3, -0.25) is 13.6 Å². The summed E-state index contributed by atoms with van der Waals surface area (Å²) in [6.07, 6.45) is -0.376. The number of rotatable bonds is 7. The molecule has 0 aliphatic heterocycles. The maximum atomic E-state index is 12.4. The summed E-state index contributed by atoms with van der Waals surface area (Å²) in [4.78, 5) is 0. The van der Waals surface area contributed by atoms with Crippen molar-refractivity contribution in [3.63, 3.8) is 0 Å². The quantitative estimate of drug-likeness (QED) is 0.668. The molecule has 0 saturated heterocycles. The van der Waals surface area contributed by atoms with Crippen molar-refractivity contribution in [1.29, 1.82) is 0 Å². The van der Waals surface area contributed by atoms with E-state index >= 15 is 0 Å². The average molecular weight is 308 g/mol. The van der Waals surface area contributed by atoms with Gasteiger partial charge in [0.05, 0.1) is 19.3 Å². The topological polar surface area (TPSA) is 44.8 Å². The Bertz CT molecular complexity index is 631. The predicted octanol–water partition coefficient (Wildman–Crippen LogP) is 5.10. The fourth-order valence-electron chi connectivity index (χ4n) is 2.13. The Labute approximate surface area is 125 Å². The third kappa shape index (κ3) is 4.14. The lowest BCUT2D eigenvalue weighted by Gasteiger charge is -2.21. The zero-order chi connectivity index (χ0) is 15.3. The summed E-state index contributed by atoms with van der Waals surface area (Å²) in [6, 6.07) is 14.1. The number of phosphoric acid groups is 1. The number of hydrogen-bond acceptors (Lipinski definition) is 4. The first-order valence-corrected chi connectivity index (χ1v) is 8.60. The molecule has 2 rings (SSSR count). The first-order valence-electron chi connectivity index (χ1n) is 7.14. The lowest BCUT2D eigenvalue weighted by Crippen LogP contribution is -2.04. The number of benzene rings is 2. The molecule has 4 nitrogen and oxygen atoms in total. The van der Waals surface area contributed by atoms with Crippen LogP contribution in [0.25, 0.3) is 10.8 Å². The van der Waals surface area contributed by atoms with E-state index in [1.807, 2.05) is 43.3 Å². The highest BCUT2D eigenvalue weighted by molar-refractivity contribution is 7.48. The van der Waals surface area contributed by atoms with E-state index in [4.69, 9.17) is 13.6 Å². The van der Waals surface area contributed by atoms with Crippen molar-refractivity contribution in [2.75, 3.05) is 13.2 Å². The second-order valence-electron chi connectivity index (χ2n) is 4.64. The van der Waals surface area contributed by atoms with Crippen LogP contribution in [0, 0.1) is 0 Å². The third-order valence-corrected chi connectivity index (χ3v) is 4.83. The number of hydrogen-bond donors (Lipinski definition) is 0. The van der Waals surface area contributed by atoms with Gasteiger partial charge in [-0.05, 0) is 43.2 Å². The first-order chi connectivity index (χ1) is 10.1. The Morgan fingerprint density at radius 2 is 1.62 bits per heavy atom. The maximum Gasteiger partial charge on any atom is 0.475 e. The first kappa shape index (κ1) is 16.2. The van der Waals surface area contributed by atoms with E-state index < -0.39 is 7.82 Å². The van der Waals surface area contributed by atoms with E-state index in [1.165, 1.54) is 0 Å². The molecule has 5 heteroatoms. The van der Waals surface area contributed by atoms with Crippen molar-refractivity contribution in [2.45, 2.75) is 26.9 Å². The molecule has 0 bridgehead atoms. The maximum absolute atomic E-state index is 12.4. The molecule has 0 heterocycles. The minimum atomic E-state index is -3.50. The molecular weight excluding hydrogens is 287 g/mol. The summed E-state index contributed by atoms with van der Waals surface area (Å²) in [5.41, 5.74) is 0.938. The normalized spacial score (nSPS) is 13.5. The van der Waals surface area contributed by atoms with Crippen LogP contribution in [-0.4, -0.2) is 13.2 Å². The summed E-state index contributed by atoms with van der Waals surface area (Å²) in [5, 5.41) is 2.28. The zero-order valence-electron chi connectivity index (χ0n) is 12.6. The fourth-order valence-corrected chi connectivity index (χ4v) is 3.47. The summed E-state index contributed by atoms with van der Waals surface area (Å²) in [6.45, 7) is 5.92. The lowest BCUT2D eigenvalue weighted by atomic mass is 10.0. The molecule has 21 heavy (non-hydrogen) atoms. The smallest absolute Gasteiger partial charge is 0.287 e. The van der Waals surface area contributed by atoms with Crippen molar-refractivity contribution in [3.8, 4) is 0 Å². The van der Waals surface area contributed by atoms with Gasteiger partial charge in [0, 0.05) is 0 Å². The molecule has 2 aromatic rings. The Balaban J connectivity index is 2.20. The fraction of sp³-hybridized carbons (Fsp3) is 0.375. The van der Waals surface area contributed by atoms with Gasteiger partial charge in [0.2, 0.25) is 0 Å². The van der Waals surface area contributed by atoms with Crippen LogP contribution in [0.1, 0.15) is 32.4 Å². The molecule has 0 aliphatic rings. The lowest BCUT2D eigenvalue weighted by molar-refractivity contribution is 0.0909. The summed E-state index contributed by atoms with van der Waals surface area (Å²) < 4.78 is 28.3. The average Bonchev–Trinajstić information content (AvgIpc) is 2.47. The molecule has 0 amide bonds. The third-order valence-electron chi connectivity index (χ3n) is 3.10. The van der Waals surface area contributed by atoms with Crippen molar-refractivity contribution in [2.24, 2.45) is 0 Å². The molecule has 0 radical (unpaired) electrons. The van der Waals surface area contributed by atoms with E-state index in [0.29, 0.717) is 0 Å². The molecule has 0 spiro atoms. The van der Waals surface area contributed by atoms with Crippen LogP contribution >= 0.6 is 7.82 Å². The van der Waals surface area contributed by atoms with E-state index in [9.17, 15) is 4.57 Å². The van der Waals surface area contributed by atoms with Gasteiger partial charge in [-0.15, -0.1) is 0 Å². The molecule has 1 atom stereocenters. The van der Waals surface area contributed by atoms with Crippen molar-refractivity contribution in [1.82, 2.24) is 0 Å². The highest BCUT2D eigenvalue weighted by Gasteiger charge is 2.28. The van der Waals surface area contributed by atoms with Crippen LogP contribution in [0.4, 0.5) is 0 Å². The van der Waals surface area contributed by atoms with E-state index in [2.05, 4.69) is 6.07 Å². The van der Waals surface area contributed by atoms with Crippen LogP contribution in [-0.2, 0) is 18.1 Å². The summed E-state index contributed by atoms with van der Waals surface area (Å²) in [7, 11) is -3.50. The van der Waals surface area contributed by atoms with Gasteiger partial charge in [0.25, 0.3) is 0 Å². The highest BCUT2D eigenvalue weighted by atomic mass is 31.2. The molecule has 1 unspecified atom stereocenters. The molecule has 0 N–H and O–H groups in total. The second kappa shape index (κ2) is 7.19. The molecule has 114 valence electrons. The van der Waals surface area contributed by atoms with Gasteiger partial charge < -0.3 is 0 Å². The number of fused-ring (bicyclic) bond motifs is 1. The Morgan fingerprint density at radius 1 is 1.00 bits per heavy atom. The van der Waals surface area contributed by atoms with E-state index in [1.54, 1.807) is 13.8 Å². The Kier molecular flexibility index (Phi) is 5.54. The summed E-state index contributed by atoms with van der Waals surface area (Å²) in [5.74, 6) is 0. The van der Waals surface area contributed by atoms with Gasteiger partial charge >= 0.3 is 7.82 Å². The Hall–Kier alpha value is -1.19. The largest absolute Gasteiger partial charge is 0.475 e. The molecule has 2 aromatic carbocycles. The highest BCUT2D eigenvalue weighted by Crippen LogP contribution is 2.52. The van der Waals surface area contributed by atoms with Crippen LogP contribution in [0.5, 0.6) is 0 Å². The van der Waals surface area contributed by atoms with Crippen LogP contribution in [0.15, 0.2) is 42.5 Å². The van der Waals surface area contributed by atoms with Crippen molar-refractivity contribution >= 4 is 18.6 Å². The van der Waals surface area contributed by atoms with Crippen LogP contribution < -0.4 is 0 Å². The van der Waals surface area contributed by atoms with Gasteiger partial charge in [-0.1, -0.05) is 36.4 Å². The minimum Gasteiger partial charge on any atom is -0.287 e. The SMILES string of the molecule is CCOP(=O)(OCC)OC(C)c1ccc2ccccc2c1. The van der Waals surface area contributed by atoms with Gasteiger partial charge in [-0.2, -0.15) is 0 Å². The minimum absolute atomic E-state index is 0.279. The summed E-state index contributed by atoms with van der Waals surface area (Å²) >= 11 is 0. The second-order valence-corrected chi connectivity index (χ2v) is 6.26. The molecule has 0 aromatic heterocycles. The molecule has 0 aliphatic carbocycles. The van der Waals surface area contributed by atoms with Crippen molar-refractivity contribution in [3.05, 3.63) is 48.0 Å². The van der Waals surface area contributed by atoms with Crippen molar-refractivity contribution < 1.29 is 18.1 Å². The molecule has 0 fully saturated rings. The standard InChI is InChI=1S/C16H21O4P/c1-4-18-21(17,19-5-2)20-13(3)15-11-10-14-8-6-7-9-16(14)12-15/h6-13H,4-5H2,1-3H3. The molecule has 0 saturated carbocycles. The monoisotopic (exact) mass is 308 g/mol. The number of phosphoric ester groups is 1. The van der Waals surface area contributed by atoms with Crippen LogP contribution in [0.3, 0.4) is 0 Å². The molecular formula is C16H21O4P. The van der Waals surface area contributed by atoms with Gasteiger partial charge in [-0.25, -0.2) is 4.57 Å². The van der Waals surface area contributed by atoms with Gasteiger partial charge in [0.15, 0.2) is 0 Å².